The van der Waals surface area contributed by atoms with Crippen molar-refractivity contribution in [2.45, 2.75) is 38.1 Å². The Bertz CT molecular complexity index is 1400. The maximum absolute atomic E-state index is 13.5. The maximum atomic E-state index is 13.5. The highest BCUT2D eigenvalue weighted by Gasteiger charge is 2.61. The number of carbonyl (C=O) groups excluding carboxylic acids is 6. The number of amides is 4. The van der Waals surface area contributed by atoms with Crippen LogP contribution in [-0.4, -0.2) is 71.5 Å². The smallest absolute Gasteiger partial charge is 0.329 e. The molecule has 2 aliphatic heterocycles. The monoisotopic (exact) mass is 586 g/mol. The van der Waals surface area contributed by atoms with Crippen molar-refractivity contribution in [3.8, 4) is 5.75 Å². The summed E-state index contributed by atoms with van der Waals surface area (Å²) in [6, 6.07) is 5.22. The largest absolute Gasteiger partial charge is 0.497 e. The van der Waals surface area contributed by atoms with Gasteiger partial charge in [-0.2, -0.15) is 0 Å². The van der Waals surface area contributed by atoms with Crippen molar-refractivity contribution in [3.05, 3.63) is 54.1 Å². The van der Waals surface area contributed by atoms with Gasteiger partial charge in [-0.3, -0.25) is 33.8 Å². The minimum atomic E-state index is -1.18. The Morgan fingerprint density at radius 1 is 0.767 bits per heavy atom. The lowest BCUT2D eigenvalue weighted by molar-refractivity contribution is -0.159. The van der Waals surface area contributed by atoms with Gasteiger partial charge in [0.1, 0.15) is 11.8 Å². The number of hydrogen-bond donors (Lipinski definition) is 0. The van der Waals surface area contributed by atoms with Gasteiger partial charge in [-0.15, -0.1) is 0 Å². The minimum Gasteiger partial charge on any atom is -0.497 e. The molecule has 43 heavy (non-hydrogen) atoms. The highest BCUT2D eigenvalue weighted by atomic mass is 16.5. The summed E-state index contributed by atoms with van der Waals surface area (Å²) in [5, 5.41) is 0. The number of ketones is 1. The highest BCUT2D eigenvalue weighted by Crippen LogP contribution is 2.54. The van der Waals surface area contributed by atoms with Crippen LogP contribution >= 0.6 is 0 Å². The number of likely N-dealkylation sites (tertiary alicyclic amines) is 2. The molecular formula is C33H34N2O8. The molecule has 4 aliphatic carbocycles. The fraction of sp³-hybridized carbons (Fsp3) is 0.515. The fourth-order valence-corrected chi connectivity index (χ4v) is 8.47. The topological polar surface area (TPSA) is 127 Å². The summed E-state index contributed by atoms with van der Waals surface area (Å²) < 4.78 is 10.5. The minimum absolute atomic E-state index is 0.0128. The summed E-state index contributed by atoms with van der Waals surface area (Å²) >= 11 is 0. The Morgan fingerprint density at radius 2 is 1.28 bits per heavy atom. The molecule has 4 fully saturated rings. The number of methoxy groups -OCH3 is 1. The van der Waals surface area contributed by atoms with Crippen molar-refractivity contribution in [3.63, 3.8) is 0 Å². The van der Waals surface area contributed by atoms with Crippen molar-refractivity contribution in [2.24, 2.45) is 47.3 Å². The van der Waals surface area contributed by atoms with E-state index in [1.807, 2.05) is 12.2 Å². The average Bonchev–Trinajstić information content (AvgIpc) is 3.87. The number of ether oxygens (including phenoxy) is 2. The summed E-state index contributed by atoms with van der Waals surface area (Å²) in [6.45, 7) is -0.309. The molecule has 4 bridgehead atoms. The number of nitrogens with zero attached hydrogens (tertiary/aromatic N) is 2. The van der Waals surface area contributed by atoms with Gasteiger partial charge in [-0.1, -0.05) is 24.3 Å². The van der Waals surface area contributed by atoms with Gasteiger partial charge in [-0.25, -0.2) is 4.79 Å². The van der Waals surface area contributed by atoms with Crippen molar-refractivity contribution in [2.75, 3.05) is 20.3 Å². The van der Waals surface area contributed by atoms with Crippen LogP contribution in [0.5, 0.6) is 5.75 Å². The summed E-state index contributed by atoms with van der Waals surface area (Å²) in [5.74, 6) is -2.87. The van der Waals surface area contributed by atoms with E-state index in [0.29, 0.717) is 24.2 Å². The summed E-state index contributed by atoms with van der Waals surface area (Å²) in [7, 11) is 1.52. The fourth-order valence-electron chi connectivity index (χ4n) is 8.47. The van der Waals surface area contributed by atoms with Crippen LogP contribution in [0.25, 0.3) is 0 Å². The molecule has 0 N–H and O–H groups in total. The molecular weight excluding hydrogens is 552 g/mol. The van der Waals surface area contributed by atoms with Crippen molar-refractivity contribution < 1.29 is 38.2 Å². The van der Waals surface area contributed by atoms with E-state index in [-0.39, 0.29) is 72.1 Å². The molecule has 2 saturated carbocycles. The second kappa shape index (κ2) is 10.6. The Morgan fingerprint density at radius 3 is 1.79 bits per heavy atom. The first-order chi connectivity index (χ1) is 20.8. The molecule has 0 unspecified atom stereocenters. The lowest BCUT2D eigenvalue weighted by atomic mass is 9.85. The molecule has 0 aromatic heterocycles. The van der Waals surface area contributed by atoms with E-state index in [0.717, 1.165) is 17.7 Å². The zero-order chi connectivity index (χ0) is 30.0. The maximum Gasteiger partial charge on any atom is 0.329 e. The molecule has 0 radical (unpaired) electrons. The van der Waals surface area contributed by atoms with E-state index < -0.39 is 36.2 Å². The van der Waals surface area contributed by atoms with Crippen molar-refractivity contribution in [1.29, 1.82) is 0 Å². The van der Waals surface area contributed by atoms with Gasteiger partial charge in [0, 0.05) is 12.1 Å². The van der Waals surface area contributed by atoms with E-state index in [1.54, 1.807) is 24.3 Å². The van der Waals surface area contributed by atoms with E-state index in [1.165, 1.54) is 12.0 Å². The number of Topliss-reactive ketones (excluding diaryl/α,β-unsaturated/α-hetero) is 1. The third-order valence-electron chi connectivity index (χ3n) is 10.5. The van der Waals surface area contributed by atoms with Gasteiger partial charge < -0.3 is 9.47 Å². The Kier molecular flexibility index (Phi) is 6.82. The highest BCUT2D eigenvalue weighted by molar-refractivity contribution is 6.09. The third kappa shape index (κ3) is 4.36. The summed E-state index contributed by atoms with van der Waals surface area (Å²) in [6.07, 6.45) is 10.6. The van der Waals surface area contributed by atoms with Crippen molar-refractivity contribution in [1.82, 2.24) is 9.80 Å². The average molecular weight is 587 g/mol. The van der Waals surface area contributed by atoms with Crippen LogP contribution in [0.3, 0.4) is 0 Å². The lowest BCUT2D eigenvalue weighted by Gasteiger charge is -2.26. The quantitative estimate of drug-likeness (QED) is 0.127. The lowest BCUT2D eigenvalue weighted by Crippen LogP contribution is -2.47. The Labute approximate surface area is 249 Å². The number of imide groups is 2. The number of esters is 1. The zero-order valence-corrected chi connectivity index (χ0v) is 23.9. The van der Waals surface area contributed by atoms with Gasteiger partial charge >= 0.3 is 5.97 Å². The predicted molar refractivity (Wildman–Crippen MR) is 150 cm³/mol. The zero-order valence-electron chi connectivity index (χ0n) is 23.9. The van der Waals surface area contributed by atoms with E-state index in [9.17, 15) is 28.8 Å². The molecule has 1 aromatic rings. The van der Waals surface area contributed by atoms with E-state index in [2.05, 4.69) is 12.2 Å². The number of hydrogen-bond acceptors (Lipinski definition) is 8. The predicted octanol–water partition coefficient (Wildman–Crippen LogP) is 2.57. The molecule has 2 saturated heterocycles. The van der Waals surface area contributed by atoms with Crippen LogP contribution in [0, 0.1) is 47.3 Å². The Hall–Kier alpha value is -4.08. The van der Waals surface area contributed by atoms with Crippen LogP contribution in [0.4, 0.5) is 0 Å². The standard InChI is InChI=1S/C33H34N2O8/c1-42-22-11-9-17(10-12-22)24(36)16-43-33(41)23(35-31(39)27-20-7-8-21(15-20)28(27)32(35)40)4-2-3-13-34-29(37)25-18-5-6-19(14-18)26(25)30(34)38/h5-12,18-21,23,25-28H,2-4,13-16H2,1H3/t18-,19-,20-,21-,23-,25-,26+,27-,28+/m0/s1. The first-order valence-corrected chi connectivity index (χ1v) is 15.2. The molecule has 1 aromatic carbocycles. The molecule has 224 valence electrons. The van der Waals surface area contributed by atoms with Gasteiger partial charge in [0.2, 0.25) is 23.6 Å². The summed E-state index contributed by atoms with van der Waals surface area (Å²) in [5.41, 5.74) is 0.337. The van der Waals surface area contributed by atoms with Crippen molar-refractivity contribution >= 4 is 35.4 Å². The molecule has 0 spiro atoms. The first kappa shape index (κ1) is 27.7. The van der Waals surface area contributed by atoms with Crippen LogP contribution < -0.4 is 4.74 Å². The summed E-state index contributed by atoms with van der Waals surface area (Å²) in [4.78, 5) is 81.8. The first-order valence-electron chi connectivity index (χ1n) is 15.2. The molecule has 2 heterocycles. The number of benzene rings is 1. The second-order valence-electron chi connectivity index (χ2n) is 12.6. The molecule has 10 nitrogen and oxygen atoms in total. The second-order valence-corrected chi connectivity index (χ2v) is 12.6. The van der Waals surface area contributed by atoms with Gasteiger partial charge in [0.25, 0.3) is 0 Å². The SMILES string of the molecule is COc1ccc(C(=O)COC(=O)[C@H](CCCCN2C(=O)[C@@H]3[C@H](C2=O)[C@H]2C=C[C@H]3C2)N2C(=O)[C@@H]3[C@H](C2=O)[C@H]2C=C[C@H]3C2)cc1. The third-order valence-corrected chi connectivity index (χ3v) is 10.5. The molecule has 9 atom stereocenters. The number of fused-ring (bicyclic) bond motifs is 10. The molecule has 10 heteroatoms. The number of allylic oxidation sites excluding steroid dienone is 4. The normalized spacial score (nSPS) is 33.5. The van der Waals surface area contributed by atoms with Gasteiger partial charge in [-0.05, 0) is 80.0 Å². The number of carbonyl (C=O) groups is 6. The van der Waals surface area contributed by atoms with Crippen LogP contribution in [0.1, 0.15) is 42.5 Å². The number of unbranched alkanes of at least 4 members (excludes halogenated alkanes) is 1. The van der Waals surface area contributed by atoms with E-state index in [4.69, 9.17) is 9.47 Å². The van der Waals surface area contributed by atoms with Gasteiger partial charge in [0.15, 0.2) is 12.4 Å². The Balaban J connectivity index is 1.02. The van der Waals surface area contributed by atoms with Gasteiger partial charge in [0.05, 0.1) is 30.8 Å². The molecule has 7 rings (SSSR count). The molecule has 6 aliphatic rings. The van der Waals surface area contributed by atoms with Crippen LogP contribution in [0.15, 0.2) is 48.6 Å². The van der Waals surface area contributed by atoms with E-state index >= 15 is 0 Å². The number of rotatable bonds is 11. The van der Waals surface area contributed by atoms with Crippen LogP contribution in [0.2, 0.25) is 0 Å². The van der Waals surface area contributed by atoms with Crippen LogP contribution in [-0.2, 0) is 28.7 Å². The molecule has 4 amide bonds.